The fourth-order valence-electron chi connectivity index (χ4n) is 3.06. The monoisotopic (exact) mass is 270 g/mol. The van der Waals surface area contributed by atoms with E-state index >= 15 is 0 Å². The van der Waals surface area contributed by atoms with Crippen molar-refractivity contribution in [2.24, 2.45) is 0 Å². The van der Waals surface area contributed by atoms with Gasteiger partial charge in [0.05, 0.1) is 5.60 Å². The number of hydrogen-bond acceptors (Lipinski definition) is 3. The van der Waals surface area contributed by atoms with Gasteiger partial charge in [0.1, 0.15) is 0 Å². The molecule has 0 saturated carbocycles. The fraction of sp³-hybridized carbons (Fsp3) is 1.00. The molecule has 114 valence electrons. The van der Waals surface area contributed by atoms with Crippen molar-refractivity contribution in [3.8, 4) is 0 Å². The Morgan fingerprint density at radius 2 is 1.74 bits per heavy atom. The van der Waals surface area contributed by atoms with Gasteiger partial charge in [0.2, 0.25) is 0 Å². The first kappa shape index (κ1) is 16.9. The molecule has 3 heteroatoms. The van der Waals surface area contributed by atoms with Crippen molar-refractivity contribution in [2.75, 3.05) is 26.7 Å². The summed E-state index contributed by atoms with van der Waals surface area (Å²) in [4.78, 5) is 2.65. The summed E-state index contributed by atoms with van der Waals surface area (Å²) < 4.78 is 5.56. The summed E-state index contributed by atoms with van der Waals surface area (Å²) in [6, 6.07) is 0.532. The van der Waals surface area contributed by atoms with Gasteiger partial charge in [-0.1, -0.05) is 6.92 Å². The van der Waals surface area contributed by atoms with Crippen molar-refractivity contribution < 1.29 is 4.74 Å². The largest absolute Gasteiger partial charge is 0.379 e. The maximum atomic E-state index is 5.56. The van der Waals surface area contributed by atoms with Crippen LogP contribution in [0, 0.1) is 0 Å². The summed E-state index contributed by atoms with van der Waals surface area (Å²) in [5, 5.41) is 3.70. The Labute approximate surface area is 120 Å². The van der Waals surface area contributed by atoms with Crippen molar-refractivity contribution in [1.29, 1.82) is 0 Å². The van der Waals surface area contributed by atoms with Gasteiger partial charge in [-0.25, -0.2) is 0 Å². The Bertz CT molecular complexity index is 257. The lowest BCUT2D eigenvalue weighted by Crippen LogP contribution is -2.57. The normalized spacial score (nSPS) is 19.9. The number of methoxy groups -OCH3 is 1. The molecular weight excluding hydrogens is 236 g/mol. The van der Waals surface area contributed by atoms with Crippen LogP contribution in [0.25, 0.3) is 0 Å². The number of ether oxygens (including phenoxy) is 1. The standard InChI is InChI=1S/C16H34N2O/c1-7-17-14(10-11-15(2,3)19-6)16(4,5)18-12-8-9-13-18/h14,17H,7-13H2,1-6H3. The van der Waals surface area contributed by atoms with Crippen molar-refractivity contribution in [3.05, 3.63) is 0 Å². The molecule has 1 aliphatic heterocycles. The number of likely N-dealkylation sites (N-methyl/N-ethyl adjacent to an activating group) is 1. The second kappa shape index (κ2) is 7.05. The van der Waals surface area contributed by atoms with Crippen LogP contribution in [-0.4, -0.2) is 48.8 Å². The molecule has 0 aromatic carbocycles. The maximum absolute atomic E-state index is 5.56. The van der Waals surface area contributed by atoms with Gasteiger partial charge in [-0.3, -0.25) is 4.90 Å². The molecule has 1 fully saturated rings. The minimum atomic E-state index is -0.0191. The molecule has 1 unspecified atom stereocenters. The first-order valence-corrected chi connectivity index (χ1v) is 7.87. The van der Waals surface area contributed by atoms with Gasteiger partial charge in [0, 0.05) is 18.7 Å². The predicted molar refractivity (Wildman–Crippen MR) is 82.7 cm³/mol. The molecule has 19 heavy (non-hydrogen) atoms. The van der Waals surface area contributed by atoms with Crippen LogP contribution in [0.2, 0.25) is 0 Å². The van der Waals surface area contributed by atoms with E-state index in [2.05, 4.69) is 44.8 Å². The molecule has 0 aromatic rings. The van der Waals surface area contributed by atoms with Gasteiger partial charge in [0.25, 0.3) is 0 Å². The highest BCUT2D eigenvalue weighted by Gasteiger charge is 2.36. The molecule has 0 aliphatic carbocycles. The van der Waals surface area contributed by atoms with Gasteiger partial charge in [-0.2, -0.15) is 0 Å². The molecule has 0 spiro atoms. The SMILES string of the molecule is CCNC(CCC(C)(C)OC)C(C)(C)N1CCCC1. The van der Waals surface area contributed by atoms with E-state index in [1.807, 2.05) is 7.11 Å². The Kier molecular flexibility index (Phi) is 6.28. The molecule has 1 heterocycles. The van der Waals surface area contributed by atoms with Crippen LogP contribution in [0.4, 0.5) is 0 Å². The predicted octanol–water partition coefficient (Wildman–Crippen LogP) is 3.04. The number of nitrogens with one attached hydrogen (secondary N) is 1. The molecular formula is C16H34N2O. The topological polar surface area (TPSA) is 24.5 Å². The van der Waals surface area contributed by atoms with E-state index in [-0.39, 0.29) is 11.1 Å². The first-order valence-electron chi connectivity index (χ1n) is 7.87. The Hall–Kier alpha value is -0.120. The van der Waals surface area contributed by atoms with Gasteiger partial charge in [0.15, 0.2) is 0 Å². The van der Waals surface area contributed by atoms with E-state index in [0.29, 0.717) is 6.04 Å². The van der Waals surface area contributed by atoms with Crippen LogP contribution in [-0.2, 0) is 4.74 Å². The lowest BCUT2D eigenvalue weighted by molar-refractivity contribution is 0.00468. The zero-order valence-corrected chi connectivity index (χ0v) is 13.9. The molecule has 1 N–H and O–H groups in total. The van der Waals surface area contributed by atoms with Crippen LogP contribution in [0.3, 0.4) is 0 Å². The number of hydrogen-bond donors (Lipinski definition) is 1. The fourth-order valence-corrected chi connectivity index (χ4v) is 3.06. The molecule has 0 amide bonds. The molecule has 3 nitrogen and oxygen atoms in total. The highest BCUT2D eigenvalue weighted by molar-refractivity contribution is 4.95. The molecule has 1 atom stereocenters. The third-order valence-electron chi connectivity index (χ3n) is 4.81. The van der Waals surface area contributed by atoms with Crippen molar-refractivity contribution in [2.45, 2.75) is 77.5 Å². The summed E-state index contributed by atoms with van der Waals surface area (Å²) in [6.45, 7) is 14.9. The maximum Gasteiger partial charge on any atom is 0.0623 e. The summed E-state index contributed by atoms with van der Waals surface area (Å²) in [7, 11) is 1.81. The minimum absolute atomic E-state index is 0.0191. The van der Waals surface area contributed by atoms with Crippen molar-refractivity contribution in [3.63, 3.8) is 0 Å². The second-order valence-corrected chi connectivity index (χ2v) is 6.96. The lowest BCUT2D eigenvalue weighted by atomic mass is 9.86. The minimum Gasteiger partial charge on any atom is -0.379 e. The van der Waals surface area contributed by atoms with E-state index in [1.165, 1.54) is 25.9 Å². The zero-order valence-electron chi connectivity index (χ0n) is 13.9. The van der Waals surface area contributed by atoms with Crippen LogP contribution >= 0.6 is 0 Å². The lowest BCUT2D eigenvalue weighted by Gasteiger charge is -2.43. The van der Waals surface area contributed by atoms with Gasteiger partial charge in [-0.15, -0.1) is 0 Å². The quantitative estimate of drug-likeness (QED) is 0.733. The van der Waals surface area contributed by atoms with E-state index in [1.54, 1.807) is 0 Å². The van der Waals surface area contributed by atoms with E-state index in [4.69, 9.17) is 4.74 Å². The van der Waals surface area contributed by atoms with Crippen LogP contribution in [0.15, 0.2) is 0 Å². The van der Waals surface area contributed by atoms with Gasteiger partial charge >= 0.3 is 0 Å². The molecule has 1 rings (SSSR count). The average Bonchev–Trinajstić information content (AvgIpc) is 2.88. The van der Waals surface area contributed by atoms with E-state index in [0.717, 1.165) is 19.4 Å². The van der Waals surface area contributed by atoms with Crippen LogP contribution in [0.1, 0.15) is 60.3 Å². The molecule has 1 aliphatic rings. The van der Waals surface area contributed by atoms with Crippen molar-refractivity contribution in [1.82, 2.24) is 10.2 Å². The Balaban J connectivity index is 2.64. The number of rotatable bonds is 8. The second-order valence-electron chi connectivity index (χ2n) is 6.96. The van der Waals surface area contributed by atoms with E-state index < -0.39 is 0 Å². The van der Waals surface area contributed by atoms with Gasteiger partial charge < -0.3 is 10.1 Å². The first-order chi connectivity index (χ1) is 8.83. The average molecular weight is 270 g/mol. The third-order valence-corrected chi connectivity index (χ3v) is 4.81. The molecule has 1 saturated heterocycles. The Morgan fingerprint density at radius 3 is 2.21 bits per heavy atom. The summed E-state index contributed by atoms with van der Waals surface area (Å²) in [5.41, 5.74) is 0.213. The Morgan fingerprint density at radius 1 is 1.16 bits per heavy atom. The molecule has 0 bridgehead atoms. The van der Waals surface area contributed by atoms with E-state index in [9.17, 15) is 0 Å². The van der Waals surface area contributed by atoms with Gasteiger partial charge in [-0.05, 0) is 73.0 Å². The van der Waals surface area contributed by atoms with Crippen molar-refractivity contribution >= 4 is 0 Å². The molecule has 0 aromatic heterocycles. The van der Waals surface area contributed by atoms with Crippen LogP contribution in [0.5, 0.6) is 0 Å². The summed E-state index contributed by atoms with van der Waals surface area (Å²) >= 11 is 0. The zero-order chi connectivity index (χ0) is 14.5. The highest BCUT2D eigenvalue weighted by Crippen LogP contribution is 2.28. The smallest absolute Gasteiger partial charge is 0.0623 e. The van der Waals surface area contributed by atoms with Crippen LogP contribution < -0.4 is 5.32 Å². The molecule has 0 radical (unpaired) electrons. The third kappa shape index (κ3) is 4.73. The number of nitrogens with zero attached hydrogens (tertiary/aromatic N) is 1. The highest BCUT2D eigenvalue weighted by atomic mass is 16.5. The summed E-state index contributed by atoms with van der Waals surface area (Å²) in [6.07, 6.45) is 4.97. The number of likely N-dealkylation sites (tertiary alicyclic amines) is 1. The summed E-state index contributed by atoms with van der Waals surface area (Å²) in [5.74, 6) is 0.